The lowest BCUT2D eigenvalue weighted by atomic mass is 9.96. The third-order valence-electron chi connectivity index (χ3n) is 8.73. The fourth-order valence-corrected chi connectivity index (χ4v) is 6.36. The molecule has 220 valence electrons. The summed E-state index contributed by atoms with van der Waals surface area (Å²) in [5, 5.41) is 4.47. The number of aromatic nitrogens is 3. The topological polar surface area (TPSA) is 51.8 Å². The van der Waals surface area contributed by atoms with Crippen molar-refractivity contribution in [2.75, 3.05) is 0 Å². The Bertz CT molecular complexity index is 2550. The lowest BCUT2D eigenvalue weighted by molar-refractivity contribution is 0.669. The predicted molar refractivity (Wildman–Crippen MR) is 192 cm³/mol. The second kappa shape index (κ2) is 11.2. The molecule has 4 nitrogen and oxygen atoms in total. The molecule has 47 heavy (non-hydrogen) atoms. The molecule has 0 unspecified atom stereocenters. The van der Waals surface area contributed by atoms with E-state index in [1.807, 2.05) is 54.6 Å². The molecular formula is C43H27N3O. The van der Waals surface area contributed by atoms with Crippen molar-refractivity contribution >= 4 is 32.7 Å². The molecule has 0 aliphatic carbocycles. The molecular weight excluding hydrogens is 574 g/mol. The zero-order valence-electron chi connectivity index (χ0n) is 25.3. The summed E-state index contributed by atoms with van der Waals surface area (Å²) in [6.07, 6.45) is 0. The molecule has 0 bridgehead atoms. The molecule has 7 aromatic carbocycles. The quantitative estimate of drug-likeness (QED) is 0.197. The number of hydrogen-bond donors (Lipinski definition) is 0. The van der Waals surface area contributed by atoms with Gasteiger partial charge in [0.2, 0.25) is 0 Å². The molecule has 0 saturated heterocycles. The Kier molecular flexibility index (Phi) is 6.43. The van der Waals surface area contributed by atoms with E-state index in [9.17, 15) is 0 Å². The number of rotatable bonds is 5. The summed E-state index contributed by atoms with van der Waals surface area (Å²) in [7, 11) is 0. The summed E-state index contributed by atoms with van der Waals surface area (Å²) < 4.78 is 6.48. The summed E-state index contributed by atoms with van der Waals surface area (Å²) in [6, 6.07) is 56.4. The average Bonchev–Trinajstić information content (AvgIpc) is 3.53. The summed E-state index contributed by atoms with van der Waals surface area (Å²) in [6.45, 7) is 0. The highest BCUT2D eigenvalue weighted by Gasteiger charge is 2.17. The first-order valence-corrected chi connectivity index (χ1v) is 15.7. The molecule has 9 aromatic rings. The van der Waals surface area contributed by atoms with Crippen LogP contribution in [0.5, 0.6) is 0 Å². The van der Waals surface area contributed by atoms with Crippen LogP contribution < -0.4 is 0 Å². The highest BCUT2D eigenvalue weighted by atomic mass is 16.3. The van der Waals surface area contributed by atoms with Crippen LogP contribution >= 0.6 is 0 Å². The van der Waals surface area contributed by atoms with Gasteiger partial charge in [-0.3, -0.25) is 0 Å². The number of benzene rings is 7. The molecule has 0 N–H and O–H groups in total. The molecule has 0 aliphatic heterocycles. The van der Waals surface area contributed by atoms with Crippen molar-refractivity contribution in [3.8, 4) is 56.4 Å². The number of nitrogens with zero attached hydrogens (tertiary/aromatic N) is 3. The van der Waals surface area contributed by atoms with E-state index in [2.05, 4.69) is 109 Å². The number of fused-ring (bicyclic) bond motifs is 4. The zero-order valence-corrected chi connectivity index (χ0v) is 25.3. The van der Waals surface area contributed by atoms with E-state index in [1.54, 1.807) is 0 Å². The minimum absolute atomic E-state index is 0.598. The van der Waals surface area contributed by atoms with Crippen LogP contribution in [-0.2, 0) is 0 Å². The Morgan fingerprint density at radius 3 is 1.64 bits per heavy atom. The first-order chi connectivity index (χ1) is 23.3. The molecule has 4 heteroatoms. The summed E-state index contributed by atoms with van der Waals surface area (Å²) >= 11 is 0. The Morgan fingerprint density at radius 1 is 0.340 bits per heavy atom. The standard InChI is InChI=1S/C43H27N3O/c1-3-10-28(11-4-1)30-18-21-31(22-19-30)36-16-9-17-38-40(36)37-25-24-35(27-39(37)47-38)43-45-41(32-13-5-2-6-14-32)44-42(46-43)34-23-20-29-12-7-8-15-33(29)26-34/h1-27H. The largest absolute Gasteiger partial charge is 0.456 e. The maximum absolute atomic E-state index is 6.48. The van der Waals surface area contributed by atoms with Gasteiger partial charge in [0, 0.05) is 27.5 Å². The monoisotopic (exact) mass is 601 g/mol. The summed E-state index contributed by atoms with van der Waals surface area (Å²) in [4.78, 5) is 14.9. The molecule has 0 atom stereocenters. The lowest BCUT2D eigenvalue weighted by Crippen LogP contribution is -2.00. The van der Waals surface area contributed by atoms with Crippen LogP contribution in [0.25, 0.3) is 89.1 Å². The summed E-state index contributed by atoms with van der Waals surface area (Å²) in [5.74, 6) is 1.86. The van der Waals surface area contributed by atoms with Crippen molar-refractivity contribution in [1.29, 1.82) is 0 Å². The maximum Gasteiger partial charge on any atom is 0.164 e. The van der Waals surface area contributed by atoms with Crippen LogP contribution in [0.2, 0.25) is 0 Å². The van der Waals surface area contributed by atoms with Gasteiger partial charge in [0.15, 0.2) is 17.5 Å². The molecule has 0 amide bonds. The highest BCUT2D eigenvalue weighted by Crippen LogP contribution is 2.39. The van der Waals surface area contributed by atoms with Crippen LogP contribution in [0.1, 0.15) is 0 Å². The van der Waals surface area contributed by atoms with E-state index in [1.165, 1.54) is 16.5 Å². The van der Waals surface area contributed by atoms with Gasteiger partial charge in [0.05, 0.1) is 0 Å². The van der Waals surface area contributed by atoms with E-state index < -0.39 is 0 Å². The minimum atomic E-state index is 0.598. The molecule has 0 aliphatic rings. The van der Waals surface area contributed by atoms with Crippen molar-refractivity contribution in [2.45, 2.75) is 0 Å². The van der Waals surface area contributed by atoms with Gasteiger partial charge in [-0.2, -0.15) is 0 Å². The average molecular weight is 602 g/mol. The normalized spacial score (nSPS) is 11.4. The van der Waals surface area contributed by atoms with E-state index >= 15 is 0 Å². The van der Waals surface area contributed by atoms with Gasteiger partial charge in [0.1, 0.15) is 11.2 Å². The van der Waals surface area contributed by atoms with Gasteiger partial charge in [-0.15, -0.1) is 0 Å². The second-order valence-electron chi connectivity index (χ2n) is 11.7. The SMILES string of the molecule is c1ccc(-c2ccc(-c3cccc4oc5cc(-c6nc(-c7ccccc7)nc(-c7ccc8ccccc8c7)n6)ccc5c34)cc2)cc1. The fourth-order valence-electron chi connectivity index (χ4n) is 6.36. The molecule has 9 rings (SSSR count). The third kappa shape index (κ3) is 4.93. The van der Waals surface area contributed by atoms with Gasteiger partial charge in [-0.05, 0) is 57.3 Å². The number of furan rings is 1. The van der Waals surface area contributed by atoms with Gasteiger partial charge in [0.25, 0.3) is 0 Å². The minimum Gasteiger partial charge on any atom is -0.456 e. The zero-order chi connectivity index (χ0) is 31.2. The van der Waals surface area contributed by atoms with Crippen LogP contribution in [0.3, 0.4) is 0 Å². The van der Waals surface area contributed by atoms with E-state index in [0.717, 1.165) is 55.1 Å². The molecule has 2 aromatic heterocycles. The predicted octanol–water partition coefficient (Wildman–Crippen LogP) is 11.3. The van der Waals surface area contributed by atoms with Gasteiger partial charge >= 0.3 is 0 Å². The molecule has 2 heterocycles. The molecule has 0 fully saturated rings. The first kappa shape index (κ1) is 27.0. The van der Waals surface area contributed by atoms with Crippen molar-refractivity contribution in [2.24, 2.45) is 0 Å². The third-order valence-corrected chi connectivity index (χ3v) is 8.73. The maximum atomic E-state index is 6.48. The van der Waals surface area contributed by atoms with E-state index in [4.69, 9.17) is 19.4 Å². The first-order valence-electron chi connectivity index (χ1n) is 15.7. The van der Waals surface area contributed by atoms with Crippen LogP contribution in [0, 0.1) is 0 Å². The van der Waals surface area contributed by atoms with Gasteiger partial charge in [-0.1, -0.05) is 140 Å². The molecule has 0 saturated carbocycles. The van der Waals surface area contributed by atoms with Crippen molar-refractivity contribution < 1.29 is 4.42 Å². The fraction of sp³-hybridized carbons (Fsp3) is 0. The van der Waals surface area contributed by atoms with E-state index in [-0.39, 0.29) is 0 Å². The molecule has 0 spiro atoms. The van der Waals surface area contributed by atoms with Gasteiger partial charge in [-0.25, -0.2) is 15.0 Å². The lowest BCUT2D eigenvalue weighted by Gasteiger charge is -2.09. The van der Waals surface area contributed by atoms with Gasteiger partial charge < -0.3 is 4.42 Å². The summed E-state index contributed by atoms with van der Waals surface area (Å²) in [5.41, 5.74) is 9.06. The van der Waals surface area contributed by atoms with Crippen LogP contribution in [-0.4, -0.2) is 15.0 Å². The smallest absolute Gasteiger partial charge is 0.164 e. The second-order valence-corrected chi connectivity index (χ2v) is 11.7. The highest BCUT2D eigenvalue weighted by molar-refractivity contribution is 6.13. The van der Waals surface area contributed by atoms with Crippen molar-refractivity contribution in [3.63, 3.8) is 0 Å². The van der Waals surface area contributed by atoms with E-state index in [0.29, 0.717) is 17.5 Å². The Hall–Kier alpha value is -6.39. The Labute approximate surface area is 271 Å². The van der Waals surface area contributed by atoms with Crippen molar-refractivity contribution in [3.05, 3.63) is 164 Å². The van der Waals surface area contributed by atoms with Crippen LogP contribution in [0.4, 0.5) is 0 Å². The number of hydrogen-bond acceptors (Lipinski definition) is 4. The molecule has 0 radical (unpaired) electrons. The Morgan fingerprint density at radius 2 is 0.894 bits per heavy atom. The van der Waals surface area contributed by atoms with Crippen LogP contribution in [0.15, 0.2) is 168 Å². The Balaban J connectivity index is 1.16. The van der Waals surface area contributed by atoms with Crippen molar-refractivity contribution in [1.82, 2.24) is 15.0 Å².